The van der Waals surface area contributed by atoms with E-state index in [1.54, 1.807) is 18.3 Å². The Morgan fingerprint density at radius 1 is 1.23 bits per heavy atom. The minimum Gasteiger partial charge on any atom is -0.469 e. The van der Waals surface area contributed by atoms with Gasteiger partial charge in [0.1, 0.15) is 0 Å². The van der Waals surface area contributed by atoms with E-state index in [0.717, 1.165) is 24.1 Å². The number of hydrogen-bond acceptors (Lipinski definition) is 4. The molecule has 0 spiro atoms. The first-order chi connectivity index (χ1) is 10.7. The second-order valence-electron chi connectivity index (χ2n) is 5.97. The number of fused-ring (bicyclic) bond motifs is 5. The summed E-state index contributed by atoms with van der Waals surface area (Å²) >= 11 is 0. The van der Waals surface area contributed by atoms with Crippen molar-refractivity contribution < 1.29 is 14.3 Å². The van der Waals surface area contributed by atoms with Crippen molar-refractivity contribution >= 4 is 11.9 Å². The molecule has 0 aliphatic heterocycles. The summed E-state index contributed by atoms with van der Waals surface area (Å²) in [5, 5.41) is 4.29. The van der Waals surface area contributed by atoms with Crippen LogP contribution in [0.25, 0.3) is 0 Å². The maximum atomic E-state index is 12.6. The van der Waals surface area contributed by atoms with Crippen molar-refractivity contribution in [3.05, 3.63) is 53.3 Å². The molecule has 1 saturated carbocycles. The van der Waals surface area contributed by atoms with E-state index in [1.165, 1.54) is 11.8 Å². The molecule has 0 unspecified atom stereocenters. The molecule has 5 heteroatoms. The SMILES string of the molecule is COC(=O)[C@@H]1C[C@H]2C[C@@H]1c1cnn(C(=O)c3ccccc3)c12. The summed E-state index contributed by atoms with van der Waals surface area (Å²) in [6.45, 7) is 0. The highest BCUT2D eigenvalue weighted by atomic mass is 16.5. The highest BCUT2D eigenvalue weighted by Crippen LogP contribution is 2.56. The molecule has 1 heterocycles. The normalized spacial score (nSPS) is 25.0. The van der Waals surface area contributed by atoms with E-state index in [1.807, 2.05) is 18.2 Å². The summed E-state index contributed by atoms with van der Waals surface area (Å²) in [5.74, 6) is 0.0142. The standard InChI is InChI=1S/C17H16N2O3/c1-22-17(21)13-8-11-7-12(13)14-9-18-19(15(11)14)16(20)10-5-3-2-4-6-10/h2-6,9,11-13H,7-8H2,1H3/t11-,12+,13-/m1/s1. The van der Waals surface area contributed by atoms with Crippen LogP contribution in [-0.2, 0) is 9.53 Å². The van der Waals surface area contributed by atoms with Crippen molar-refractivity contribution in [2.45, 2.75) is 24.7 Å². The van der Waals surface area contributed by atoms with E-state index >= 15 is 0 Å². The van der Waals surface area contributed by atoms with E-state index in [4.69, 9.17) is 4.74 Å². The predicted octanol–water partition coefficient (Wildman–Crippen LogP) is 2.34. The number of rotatable bonds is 2. The number of benzene rings is 1. The minimum atomic E-state index is -0.153. The zero-order valence-corrected chi connectivity index (χ0v) is 12.2. The molecule has 22 heavy (non-hydrogen) atoms. The van der Waals surface area contributed by atoms with E-state index in [0.29, 0.717) is 5.56 Å². The van der Waals surface area contributed by atoms with Gasteiger partial charge in [-0.2, -0.15) is 5.10 Å². The number of methoxy groups -OCH3 is 1. The van der Waals surface area contributed by atoms with Crippen molar-refractivity contribution in [2.75, 3.05) is 7.11 Å². The lowest BCUT2D eigenvalue weighted by atomic mass is 9.87. The molecule has 1 aromatic carbocycles. The average molecular weight is 296 g/mol. The lowest BCUT2D eigenvalue weighted by Gasteiger charge is -2.20. The summed E-state index contributed by atoms with van der Waals surface area (Å²) in [4.78, 5) is 24.5. The monoisotopic (exact) mass is 296 g/mol. The summed E-state index contributed by atoms with van der Waals surface area (Å²) in [7, 11) is 1.43. The van der Waals surface area contributed by atoms with E-state index < -0.39 is 0 Å². The molecule has 1 aromatic heterocycles. The molecule has 0 N–H and O–H groups in total. The summed E-state index contributed by atoms with van der Waals surface area (Å²) in [5.41, 5.74) is 2.65. The van der Waals surface area contributed by atoms with Gasteiger partial charge in [0.05, 0.1) is 24.9 Å². The van der Waals surface area contributed by atoms with Gasteiger partial charge in [-0.3, -0.25) is 9.59 Å². The molecule has 2 bridgehead atoms. The molecular weight excluding hydrogens is 280 g/mol. The second kappa shape index (κ2) is 4.80. The minimum absolute atomic E-state index is 0.0908. The Kier molecular flexibility index (Phi) is 2.89. The maximum absolute atomic E-state index is 12.6. The van der Waals surface area contributed by atoms with Gasteiger partial charge in [-0.25, -0.2) is 4.68 Å². The number of hydrogen-bond donors (Lipinski definition) is 0. The lowest BCUT2D eigenvalue weighted by molar-refractivity contribution is -0.145. The molecule has 0 amide bonds. The molecule has 2 aliphatic carbocycles. The van der Waals surface area contributed by atoms with Crippen LogP contribution in [0.1, 0.15) is 46.3 Å². The Hall–Kier alpha value is -2.43. The molecule has 2 aromatic rings. The molecule has 4 rings (SSSR count). The topological polar surface area (TPSA) is 61.2 Å². The fourth-order valence-corrected chi connectivity index (χ4v) is 3.95. The smallest absolute Gasteiger partial charge is 0.309 e. The fourth-order valence-electron chi connectivity index (χ4n) is 3.95. The van der Waals surface area contributed by atoms with Gasteiger partial charge in [-0.15, -0.1) is 0 Å². The number of carbonyl (C=O) groups excluding carboxylic acids is 2. The van der Waals surface area contributed by atoms with E-state index in [9.17, 15) is 9.59 Å². The first kappa shape index (κ1) is 13.2. The molecule has 0 saturated heterocycles. The van der Waals surface area contributed by atoms with Crippen LogP contribution in [0, 0.1) is 5.92 Å². The van der Waals surface area contributed by atoms with Gasteiger partial charge in [-0.1, -0.05) is 18.2 Å². The Bertz CT molecular complexity index is 751. The largest absolute Gasteiger partial charge is 0.469 e. The number of carbonyl (C=O) groups is 2. The van der Waals surface area contributed by atoms with Crippen molar-refractivity contribution in [2.24, 2.45) is 5.92 Å². The summed E-state index contributed by atoms with van der Waals surface area (Å²) in [6, 6.07) is 9.15. The molecule has 5 nitrogen and oxygen atoms in total. The molecule has 2 aliphatic rings. The first-order valence-electron chi connectivity index (χ1n) is 7.46. The molecule has 3 atom stereocenters. The third kappa shape index (κ3) is 1.75. The second-order valence-corrected chi connectivity index (χ2v) is 5.97. The van der Waals surface area contributed by atoms with Crippen LogP contribution in [0.2, 0.25) is 0 Å². The average Bonchev–Trinajstić information content (AvgIpc) is 3.25. The fraction of sp³-hybridized carbons (Fsp3) is 0.353. The van der Waals surface area contributed by atoms with Crippen LogP contribution in [0.5, 0.6) is 0 Å². The lowest BCUT2D eigenvalue weighted by Crippen LogP contribution is -2.23. The van der Waals surface area contributed by atoms with Gasteiger partial charge in [0.2, 0.25) is 0 Å². The molecule has 0 radical (unpaired) electrons. The third-order valence-electron chi connectivity index (χ3n) is 4.90. The number of nitrogens with zero attached hydrogens (tertiary/aromatic N) is 2. The zero-order chi connectivity index (χ0) is 15.3. The Balaban J connectivity index is 1.70. The van der Waals surface area contributed by atoms with Crippen LogP contribution in [0.4, 0.5) is 0 Å². The Morgan fingerprint density at radius 3 is 2.73 bits per heavy atom. The van der Waals surface area contributed by atoms with Crippen molar-refractivity contribution in [1.29, 1.82) is 0 Å². The highest BCUT2D eigenvalue weighted by Gasteiger charge is 2.50. The molecule has 1 fully saturated rings. The Labute approximate surface area is 127 Å². The van der Waals surface area contributed by atoms with Crippen LogP contribution in [-0.4, -0.2) is 28.8 Å². The van der Waals surface area contributed by atoms with Crippen molar-refractivity contribution in [1.82, 2.24) is 9.78 Å². The molecular formula is C17H16N2O3. The summed E-state index contributed by atoms with van der Waals surface area (Å²) < 4.78 is 6.41. The van der Waals surface area contributed by atoms with E-state index in [-0.39, 0.29) is 29.6 Å². The van der Waals surface area contributed by atoms with Crippen LogP contribution >= 0.6 is 0 Å². The number of aromatic nitrogens is 2. The van der Waals surface area contributed by atoms with Gasteiger partial charge >= 0.3 is 5.97 Å². The maximum Gasteiger partial charge on any atom is 0.309 e. The van der Waals surface area contributed by atoms with Gasteiger partial charge in [0.25, 0.3) is 5.91 Å². The highest BCUT2D eigenvalue weighted by molar-refractivity contribution is 5.96. The first-order valence-corrected chi connectivity index (χ1v) is 7.46. The van der Waals surface area contributed by atoms with Gasteiger partial charge in [0.15, 0.2) is 0 Å². The third-order valence-corrected chi connectivity index (χ3v) is 4.90. The zero-order valence-electron chi connectivity index (χ0n) is 12.2. The van der Waals surface area contributed by atoms with Gasteiger partial charge in [-0.05, 0) is 30.5 Å². The van der Waals surface area contributed by atoms with Crippen molar-refractivity contribution in [3.8, 4) is 0 Å². The summed E-state index contributed by atoms with van der Waals surface area (Å²) in [6.07, 6.45) is 3.41. The van der Waals surface area contributed by atoms with E-state index in [2.05, 4.69) is 5.10 Å². The number of esters is 1. The quantitative estimate of drug-likeness (QED) is 0.798. The van der Waals surface area contributed by atoms with Gasteiger partial charge < -0.3 is 4.74 Å². The van der Waals surface area contributed by atoms with Crippen LogP contribution in [0.3, 0.4) is 0 Å². The van der Waals surface area contributed by atoms with Crippen LogP contribution in [0.15, 0.2) is 36.5 Å². The molecule has 112 valence electrons. The number of ether oxygens (including phenoxy) is 1. The Morgan fingerprint density at radius 2 is 2.00 bits per heavy atom. The van der Waals surface area contributed by atoms with Crippen LogP contribution < -0.4 is 0 Å². The predicted molar refractivity (Wildman–Crippen MR) is 78.6 cm³/mol. The van der Waals surface area contributed by atoms with Crippen molar-refractivity contribution in [3.63, 3.8) is 0 Å². The van der Waals surface area contributed by atoms with Gasteiger partial charge in [0, 0.05) is 17.4 Å².